The first-order valence-electron chi connectivity index (χ1n) is 11.7. The number of ether oxygens (including phenoxy) is 1. The summed E-state index contributed by atoms with van der Waals surface area (Å²) in [6.07, 6.45) is 5.04. The van der Waals surface area contributed by atoms with Crippen LogP contribution in [0.4, 0.5) is 4.39 Å². The van der Waals surface area contributed by atoms with E-state index in [1.165, 1.54) is 19.2 Å². The number of rotatable bonds is 7. The Morgan fingerprint density at radius 1 is 1.08 bits per heavy atom. The number of primary amides is 1. The Hall–Kier alpha value is -5.12. The van der Waals surface area contributed by atoms with Gasteiger partial charge in [0.25, 0.3) is 11.8 Å². The maximum Gasteiger partial charge on any atom is 0.255 e. The van der Waals surface area contributed by atoms with Crippen LogP contribution in [0.1, 0.15) is 31.8 Å². The summed E-state index contributed by atoms with van der Waals surface area (Å²) < 4.78 is 18.8. The summed E-state index contributed by atoms with van der Waals surface area (Å²) in [5.74, 6) is -1.36. The van der Waals surface area contributed by atoms with Crippen LogP contribution in [-0.2, 0) is 6.54 Å². The van der Waals surface area contributed by atoms with Crippen molar-refractivity contribution in [3.05, 3.63) is 95.2 Å². The van der Waals surface area contributed by atoms with Crippen LogP contribution in [0.15, 0.2) is 67.1 Å². The van der Waals surface area contributed by atoms with E-state index >= 15 is 0 Å². The molecule has 190 valence electrons. The fourth-order valence-electron chi connectivity index (χ4n) is 4.31. The molecule has 5 aromatic rings. The molecule has 0 unspecified atom stereocenters. The van der Waals surface area contributed by atoms with E-state index in [-0.39, 0.29) is 23.4 Å². The van der Waals surface area contributed by atoms with Gasteiger partial charge < -0.3 is 15.8 Å². The van der Waals surface area contributed by atoms with Crippen LogP contribution in [-0.4, -0.2) is 39.1 Å². The molecule has 9 nitrogen and oxygen atoms in total. The zero-order valence-corrected chi connectivity index (χ0v) is 20.6. The molecule has 2 aromatic carbocycles. The minimum Gasteiger partial charge on any atom is -0.496 e. The van der Waals surface area contributed by atoms with Gasteiger partial charge in [0.1, 0.15) is 11.6 Å². The van der Waals surface area contributed by atoms with Gasteiger partial charge in [-0.2, -0.15) is 5.10 Å². The molecule has 0 aliphatic carbocycles. The number of benzene rings is 2. The molecule has 10 heteroatoms. The van der Waals surface area contributed by atoms with Gasteiger partial charge in [-0.1, -0.05) is 24.3 Å². The van der Waals surface area contributed by atoms with Crippen LogP contribution >= 0.6 is 0 Å². The second-order valence-electron chi connectivity index (χ2n) is 8.62. The Morgan fingerprint density at radius 2 is 1.87 bits per heavy atom. The highest BCUT2D eigenvalue weighted by atomic mass is 19.1. The van der Waals surface area contributed by atoms with E-state index in [9.17, 15) is 14.0 Å². The maximum atomic E-state index is 13.7. The Bertz CT molecular complexity index is 1680. The molecule has 3 heterocycles. The van der Waals surface area contributed by atoms with Crippen LogP contribution in [0, 0.1) is 12.7 Å². The van der Waals surface area contributed by atoms with Gasteiger partial charge in [0.05, 0.1) is 41.3 Å². The largest absolute Gasteiger partial charge is 0.496 e. The highest BCUT2D eigenvalue weighted by molar-refractivity contribution is 6.12. The molecule has 0 atom stereocenters. The Labute approximate surface area is 216 Å². The summed E-state index contributed by atoms with van der Waals surface area (Å²) in [4.78, 5) is 34.2. The molecule has 0 aliphatic rings. The zero-order valence-electron chi connectivity index (χ0n) is 20.6. The minimum atomic E-state index is -0.639. The van der Waals surface area contributed by atoms with Crippen molar-refractivity contribution in [1.29, 1.82) is 0 Å². The lowest BCUT2D eigenvalue weighted by molar-refractivity contribution is 0.0946. The summed E-state index contributed by atoms with van der Waals surface area (Å²) in [5.41, 5.74) is 10.9. The second-order valence-corrected chi connectivity index (χ2v) is 8.62. The summed E-state index contributed by atoms with van der Waals surface area (Å²) in [6.45, 7) is 2.12. The highest BCUT2D eigenvalue weighted by Crippen LogP contribution is 2.35. The van der Waals surface area contributed by atoms with E-state index in [1.54, 1.807) is 42.9 Å². The smallest absolute Gasteiger partial charge is 0.255 e. The standard InChI is InChI=1S/C28H23FN6O3/c1-15-12-31-10-9-19(15)25-21-14-33-35-26(21)23(27(30)36)24(34-25)17-5-3-16(4-6-17)13-32-28(37)20-11-18(29)7-8-22(20)38-2/h3-12,14H,13H2,1-2H3,(H2,30,36)(H,32,37)(H,33,35). The number of carbonyl (C=O) groups is 2. The molecule has 0 fully saturated rings. The van der Waals surface area contributed by atoms with Crippen molar-refractivity contribution in [1.82, 2.24) is 25.5 Å². The summed E-state index contributed by atoms with van der Waals surface area (Å²) in [7, 11) is 1.42. The molecule has 0 saturated heterocycles. The molecule has 0 aliphatic heterocycles. The number of nitrogens with zero attached hydrogens (tertiary/aromatic N) is 3. The van der Waals surface area contributed by atoms with Gasteiger partial charge in [-0.25, -0.2) is 9.37 Å². The van der Waals surface area contributed by atoms with Gasteiger partial charge in [0, 0.05) is 35.5 Å². The predicted octanol–water partition coefficient (Wildman–Crippen LogP) is 4.17. The molecule has 0 saturated carbocycles. The van der Waals surface area contributed by atoms with Crippen molar-refractivity contribution in [2.24, 2.45) is 5.73 Å². The van der Waals surface area contributed by atoms with Crippen molar-refractivity contribution in [2.75, 3.05) is 7.11 Å². The average Bonchev–Trinajstić information content (AvgIpc) is 3.41. The van der Waals surface area contributed by atoms with Gasteiger partial charge in [0.15, 0.2) is 0 Å². The highest BCUT2D eigenvalue weighted by Gasteiger charge is 2.22. The third-order valence-corrected chi connectivity index (χ3v) is 6.21. The number of aromatic amines is 1. The number of aromatic nitrogens is 4. The van der Waals surface area contributed by atoms with Gasteiger partial charge >= 0.3 is 0 Å². The molecular weight excluding hydrogens is 487 g/mol. The topological polar surface area (TPSA) is 136 Å². The van der Waals surface area contributed by atoms with Gasteiger partial charge in [-0.15, -0.1) is 0 Å². The zero-order chi connectivity index (χ0) is 26.8. The number of carbonyl (C=O) groups excluding carboxylic acids is 2. The number of aryl methyl sites for hydroxylation is 1. The minimum absolute atomic E-state index is 0.103. The quantitative estimate of drug-likeness (QED) is 0.301. The lowest BCUT2D eigenvalue weighted by Crippen LogP contribution is -2.23. The molecule has 5 rings (SSSR count). The number of hydrogen-bond donors (Lipinski definition) is 3. The number of nitrogens with two attached hydrogens (primary N) is 1. The average molecular weight is 511 g/mol. The van der Waals surface area contributed by atoms with Crippen molar-refractivity contribution in [2.45, 2.75) is 13.5 Å². The SMILES string of the molecule is COc1ccc(F)cc1C(=O)NCc1ccc(-c2nc(-c3ccncc3C)c3cn[nH]c3c2C(N)=O)cc1. The van der Waals surface area contributed by atoms with Gasteiger partial charge in [-0.3, -0.25) is 19.7 Å². The Kier molecular flexibility index (Phi) is 6.53. The first-order chi connectivity index (χ1) is 18.4. The fourth-order valence-corrected chi connectivity index (χ4v) is 4.31. The second kappa shape index (κ2) is 10.1. The van der Waals surface area contributed by atoms with E-state index in [2.05, 4.69) is 20.5 Å². The summed E-state index contributed by atoms with van der Waals surface area (Å²) >= 11 is 0. The normalized spacial score (nSPS) is 10.9. The first-order valence-corrected chi connectivity index (χ1v) is 11.7. The number of amides is 2. The van der Waals surface area contributed by atoms with Crippen LogP contribution in [0.25, 0.3) is 33.4 Å². The molecule has 4 N–H and O–H groups in total. The third kappa shape index (κ3) is 4.55. The number of H-pyrrole nitrogens is 1. The number of nitrogens with one attached hydrogen (secondary N) is 2. The monoisotopic (exact) mass is 510 g/mol. The molecular formula is C28H23FN6O3. The van der Waals surface area contributed by atoms with Crippen molar-refractivity contribution >= 4 is 22.7 Å². The summed E-state index contributed by atoms with van der Waals surface area (Å²) in [5, 5.41) is 10.5. The molecule has 0 spiro atoms. The number of fused-ring (bicyclic) bond motifs is 1. The van der Waals surface area contributed by atoms with E-state index in [0.29, 0.717) is 27.9 Å². The van der Waals surface area contributed by atoms with E-state index in [1.807, 2.05) is 13.0 Å². The molecule has 38 heavy (non-hydrogen) atoms. The van der Waals surface area contributed by atoms with Crippen molar-refractivity contribution in [3.63, 3.8) is 0 Å². The third-order valence-electron chi connectivity index (χ3n) is 6.21. The van der Waals surface area contributed by atoms with Crippen LogP contribution in [0.3, 0.4) is 0 Å². The maximum absolute atomic E-state index is 13.7. The lowest BCUT2D eigenvalue weighted by atomic mass is 9.98. The number of pyridine rings is 2. The van der Waals surface area contributed by atoms with Crippen LogP contribution in [0.2, 0.25) is 0 Å². The molecule has 0 bridgehead atoms. The van der Waals surface area contributed by atoms with Crippen molar-refractivity contribution < 1.29 is 18.7 Å². The number of halogens is 1. The van der Waals surface area contributed by atoms with Gasteiger partial charge in [-0.05, 0) is 42.3 Å². The first kappa shape index (κ1) is 24.6. The van der Waals surface area contributed by atoms with Crippen LogP contribution < -0.4 is 15.8 Å². The van der Waals surface area contributed by atoms with E-state index < -0.39 is 17.6 Å². The lowest BCUT2D eigenvalue weighted by Gasteiger charge is -2.13. The fraction of sp³-hybridized carbons (Fsp3) is 0.107. The Balaban J connectivity index is 1.48. The molecule has 2 amide bonds. The van der Waals surface area contributed by atoms with Gasteiger partial charge in [0.2, 0.25) is 0 Å². The molecule has 0 radical (unpaired) electrons. The predicted molar refractivity (Wildman–Crippen MR) is 140 cm³/mol. The molecule has 3 aromatic heterocycles. The van der Waals surface area contributed by atoms with Crippen LogP contribution in [0.5, 0.6) is 5.75 Å². The Morgan fingerprint density at radius 3 is 2.58 bits per heavy atom. The van der Waals surface area contributed by atoms with Crippen molar-refractivity contribution in [3.8, 4) is 28.3 Å². The summed E-state index contributed by atoms with van der Waals surface area (Å²) in [6, 6.07) is 12.8. The van der Waals surface area contributed by atoms with E-state index in [4.69, 9.17) is 15.5 Å². The number of methoxy groups -OCH3 is 1. The number of hydrogen-bond acceptors (Lipinski definition) is 6. The van der Waals surface area contributed by atoms with E-state index in [0.717, 1.165) is 22.8 Å².